The maximum atomic E-state index is 13.1. The molecule has 1 unspecified atom stereocenters. The summed E-state index contributed by atoms with van der Waals surface area (Å²) in [7, 11) is 1.52. The molecule has 0 saturated carbocycles. The van der Waals surface area contributed by atoms with E-state index in [0.717, 1.165) is 28.3 Å². The van der Waals surface area contributed by atoms with Gasteiger partial charge >= 0.3 is 0 Å². The number of nitrogens with zero attached hydrogens (tertiary/aromatic N) is 2. The maximum absolute atomic E-state index is 13.1. The van der Waals surface area contributed by atoms with Gasteiger partial charge in [-0.3, -0.25) is 9.59 Å². The number of methoxy groups -OCH3 is 1. The molecule has 3 aromatic rings. The third-order valence-electron chi connectivity index (χ3n) is 5.73. The molecule has 1 fully saturated rings. The van der Waals surface area contributed by atoms with Crippen molar-refractivity contribution < 1.29 is 14.3 Å². The van der Waals surface area contributed by atoms with Crippen molar-refractivity contribution in [2.24, 2.45) is 0 Å². The number of pyridine rings is 1. The molecule has 2 heterocycles. The average Bonchev–Trinajstić information content (AvgIpc) is 3.29. The lowest BCUT2D eigenvalue weighted by molar-refractivity contribution is -0.147. The molecule has 1 aliphatic rings. The SMILES string of the molecule is COC(C(=O)N1CCC[C@H]1C(=O)NCc1ccc2c(N)nccc2c1)c1ccccc1. The van der Waals surface area contributed by atoms with E-state index < -0.39 is 12.1 Å². The van der Waals surface area contributed by atoms with Crippen molar-refractivity contribution in [1.29, 1.82) is 0 Å². The number of benzene rings is 2. The van der Waals surface area contributed by atoms with Gasteiger partial charge in [0.05, 0.1) is 0 Å². The first kappa shape index (κ1) is 20.8. The van der Waals surface area contributed by atoms with Crippen LogP contribution in [0.1, 0.15) is 30.1 Å². The summed E-state index contributed by atoms with van der Waals surface area (Å²) in [6.07, 6.45) is 2.38. The predicted molar refractivity (Wildman–Crippen MR) is 119 cm³/mol. The Morgan fingerprint density at radius 1 is 1.23 bits per heavy atom. The molecule has 160 valence electrons. The number of carbonyl (C=O) groups excluding carboxylic acids is 2. The van der Waals surface area contributed by atoms with E-state index >= 15 is 0 Å². The van der Waals surface area contributed by atoms with E-state index in [-0.39, 0.29) is 11.8 Å². The van der Waals surface area contributed by atoms with Crippen molar-refractivity contribution in [2.75, 3.05) is 19.4 Å². The van der Waals surface area contributed by atoms with Crippen LogP contribution in [-0.2, 0) is 20.9 Å². The third-order valence-corrected chi connectivity index (χ3v) is 5.73. The number of carbonyl (C=O) groups is 2. The van der Waals surface area contributed by atoms with Gasteiger partial charge in [-0.1, -0.05) is 42.5 Å². The minimum absolute atomic E-state index is 0.150. The zero-order valence-corrected chi connectivity index (χ0v) is 17.5. The van der Waals surface area contributed by atoms with E-state index in [2.05, 4.69) is 10.3 Å². The number of hydrogen-bond donors (Lipinski definition) is 2. The second-order valence-corrected chi connectivity index (χ2v) is 7.69. The molecule has 2 amide bonds. The normalized spacial score (nSPS) is 16.9. The van der Waals surface area contributed by atoms with E-state index in [1.165, 1.54) is 7.11 Å². The molecule has 3 N–H and O–H groups in total. The molecular formula is C24H26N4O3. The standard InChI is InChI=1S/C24H26N4O3/c1-31-21(17-6-3-2-4-7-17)24(30)28-13-5-8-20(28)23(29)27-15-16-9-10-19-18(14-16)11-12-26-22(19)25/h2-4,6-7,9-12,14,20-21H,5,8,13,15H2,1H3,(H2,25,26)(H,27,29)/t20-,21?/m0/s1. The van der Waals surface area contributed by atoms with Crippen molar-refractivity contribution in [3.8, 4) is 0 Å². The molecule has 0 bridgehead atoms. The average molecular weight is 418 g/mol. The summed E-state index contributed by atoms with van der Waals surface area (Å²) >= 11 is 0. The number of nitrogen functional groups attached to an aromatic ring is 1. The van der Waals surface area contributed by atoms with E-state index in [1.54, 1.807) is 11.1 Å². The number of anilines is 1. The largest absolute Gasteiger partial charge is 0.383 e. The lowest BCUT2D eigenvalue weighted by Gasteiger charge is -2.27. The lowest BCUT2D eigenvalue weighted by atomic mass is 10.1. The fourth-order valence-corrected chi connectivity index (χ4v) is 4.13. The number of likely N-dealkylation sites (tertiary alicyclic amines) is 1. The van der Waals surface area contributed by atoms with Crippen molar-refractivity contribution in [3.63, 3.8) is 0 Å². The Hall–Kier alpha value is -3.45. The lowest BCUT2D eigenvalue weighted by Crippen LogP contribution is -2.47. The Balaban J connectivity index is 1.43. The van der Waals surface area contributed by atoms with Gasteiger partial charge < -0.3 is 20.7 Å². The number of amides is 2. The Morgan fingerprint density at radius 3 is 2.81 bits per heavy atom. The molecule has 1 saturated heterocycles. The summed E-state index contributed by atoms with van der Waals surface area (Å²) in [5.41, 5.74) is 7.65. The van der Waals surface area contributed by atoms with Crippen LogP contribution in [0.4, 0.5) is 5.82 Å². The van der Waals surface area contributed by atoms with E-state index in [4.69, 9.17) is 10.5 Å². The van der Waals surface area contributed by atoms with Crippen LogP contribution in [-0.4, -0.2) is 41.4 Å². The maximum Gasteiger partial charge on any atom is 0.257 e. The molecule has 1 aliphatic heterocycles. The highest BCUT2D eigenvalue weighted by atomic mass is 16.5. The van der Waals surface area contributed by atoms with Gasteiger partial charge in [-0.15, -0.1) is 0 Å². The van der Waals surface area contributed by atoms with Crippen LogP contribution in [0.15, 0.2) is 60.8 Å². The van der Waals surface area contributed by atoms with E-state index in [0.29, 0.717) is 25.3 Å². The van der Waals surface area contributed by atoms with E-state index in [1.807, 2.05) is 54.6 Å². The topological polar surface area (TPSA) is 97.5 Å². The highest BCUT2D eigenvalue weighted by Gasteiger charge is 2.37. The summed E-state index contributed by atoms with van der Waals surface area (Å²) in [6.45, 7) is 0.924. The third kappa shape index (κ3) is 4.36. The number of fused-ring (bicyclic) bond motifs is 1. The summed E-state index contributed by atoms with van der Waals surface area (Å²) in [5.74, 6) is 0.155. The smallest absolute Gasteiger partial charge is 0.257 e. The molecule has 4 rings (SSSR count). The summed E-state index contributed by atoms with van der Waals surface area (Å²) in [5, 5.41) is 4.84. The molecule has 1 aromatic heterocycles. The number of rotatable bonds is 6. The molecule has 0 radical (unpaired) electrons. The number of ether oxygens (including phenoxy) is 1. The van der Waals surface area contributed by atoms with Gasteiger partial charge in [0, 0.05) is 31.8 Å². The first-order valence-electron chi connectivity index (χ1n) is 10.4. The van der Waals surface area contributed by atoms with Crippen molar-refractivity contribution in [2.45, 2.75) is 31.5 Å². The predicted octanol–water partition coefficient (Wildman–Crippen LogP) is 2.81. The van der Waals surface area contributed by atoms with Crippen LogP contribution in [0.3, 0.4) is 0 Å². The number of hydrogen-bond acceptors (Lipinski definition) is 5. The zero-order valence-electron chi connectivity index (χ0n) is 17.5. The van der Waals surface area contributed by atoms with Gasteiger partial charge in [-0.2, -0.15) is 0 Å². The number of aromatic nitrogens is 1. The Kier molecular flexibility index (Phi) is 6.13. The fourth-order valence-electron chi connectivity index (χ4n) is 4.13. The molecule has 2 aromatic carbocycles. The molecule has 31 heavy (non-hydrogen) atoms. The minimum atomic E-state index is -0.714. The molecule has 7 heteroatoms. The van der Waals surface area contributed by atoms with Crippen molar-refractivity contribution in [1.82, 2.24) is 15.2 Å². The van der Waals surface area contributed by atoms with Gasteiger partial charge in [-0.25, -0.2) is 4.98 Å². The van der Waals surface area contributed by atoms with Gasteiger partial charge in [0.1, 0.15) is 11.9 Å². The number of nitrogens with two attached hydrogens (primary N) is 1. The van der Waals surface area contributed by atoms with Gasteiger partial charge in [-0.05, 0) is 41.5 Å². The highest BCUT2D eigenvalue weighted by Crippen LogP contribution is 2.26. The monoisotopic (exact) mass is 418 g/mol. The fraction of sp³-hybridized carbons (Fsp3) is 0.292. The van der Waals surface area contributed by atoms with Crippen LogP contribution in [0.25, 0.3) is 10.8 Å². The van der Waals surface area contributed by atoms with Crippen molar-refractivity contribution in [3.05, 3.63) is 71.9 Å². The minimum Gasteiger partial charge on any atom is -0.383 e. The van der Waals surface area contributed by atoms with Crippen LogP contribution >= 0.6 is 0 Å². The van der Waals surface area contributed by atoms with Crippen LogP contribution < -0.4 is 11.1 Å². The van der Waals surface area contributed by atoms with Gasteiger partial charge in [0.15, 0.2) is 6.10 Å². The van der Waals surface area contributed by atoms with E-state index in [9.17, 15) is 9.59 Å². The molecule has 7 nitrogen and oxygen atoms in total. The van der Waals surface area contributed by atoms with Crippen LogP contribution in [0, 0.1) is 0 Å². The van der Waals surface area contributed by atoms with Gasteiger partial charge in [0.25, 0.3) is 5.91 Å². The highest BCUT2D eigenvalue weighted by molar-refractivity contribution is 5.92. The second kappa shape index (κ2) is 9.14. The molecule has 2 atom stereocenters. The van der Waals surface area contributed by atoms with Gasteiger partial charge in [0.2, 0.25) is 5.91 Å². The Bertz CT molecular complexity index is 1090. The second-order valence-electron chi connectivity index (χ2n) is 7.69. The number of nitrogens with one attached hydrogen (secondary N) is 1. The van der Waals surface area contributed by atoms with Crippen LogP contribution in [0.2, 0.25) is 0 Å². The first-order valence-corrected chi connectivity index (χ1v) is 10.4. The quantitative estimate of drug-likeness (QED) is 0.642. The summed E-state index contributed by atoms with van der Waals surface area (Å²) < 4.78 is 5.48. The zero-order chi connectivity index (χ0) is 21.8. The van der Waals surface area contributed by atoms with Crippen LogP contribution in [0.5, 0.6) is 0 Å². The van der Waals surface area contributed by atoms with Crippen molar-refractivity contribution >= 4 is 28.4 Å². The molecular weight excluding hydrogens is 392 g/mol. The summed E-state index contributed by atoms with van der Waals surface area (Å²) in [4.78, 5) is 31.8. The molecule has 0 spiro atoms. The molecule has 0 aliphatic carbocycles. The Labute approximate surface area is 181 Å². The Morgan fingerprint density at radius 2 is 2.03 bits per heavy atom. The summed E-state index contributed by atoms with van der Waals surface area (Å²) in [6, 6.07) is 16.6. The first-order chi connectivity index (χ1) is 15.1.